The Morgan fingerprint density at radius 3 is 2.59 bits per heavy atom. The molecule has 2 aromatic heterocycles. The van der Waals surface area contributed by atoms with E-state index in [-0.39, 0.29) is 23.9 Å². The second-order valence-electron chi connectivity index (χ2n) is 8.52. The lowest BCUT2D eigenvalue weighted by Gasteiger charge is -2.20. The number of nitrogens with one attached hydrogen (secondary N) is 2. The average Bonchev–Trinajstić information content (AvgIpc) is 3.29. The number of fused-ring (bicyclic) bond motifs is 1. The molecule has 1 aliphatic carbocycles. The first kappa shape index (κ1) is 19.7. The first-order chi connectivity index (χ1) is 13.9. The Morgan fingerprint density at radius 2 is 1.90 bits per heavy atom. The number of aryl methyl sites for hydroxylation is 3. The van der Waals surface area contributed by atoms with Gasteiger partial charge in [0.05, 0.1) is 6.20 Å². The van der Waals surface area contributed by atoms with Gasteiger partial charge in [0.15, 0.2) is 0 Å². The van der Waals surface area contributed by atoms with Gasteiger partial charge in [-0.1, -0.05) is 0 Å². The molecule has 0 radical (unpaired) electrons. The number of amides is 2. The summed E-state index contributed by atoms with van der Waals surface area (Å²) in [7, 11) is 1.80. The highest BCUT2D eigenvalue weighted by Gasteiger charge is 2.31. The van der Waals surface area contributed by atoms with Crippen LogP contribution in [0.3, 0.4) is 0 Å². The Morgan fingerprint density at radius 1 is 1.17 bits per heavy atom. The summed E-state index contributed by atoms with van der Waals surface area (Å²) in [5.74, 6) is 1.22. The molecule has 0 aromatic carbocycles. The van der Waals surface area contributed by atoms with E-state index in [2.05, 4.69) is 25.3 Å². The predicted molar refractivity (Wildman–Crippen MR) is 109 cm³/mol. The highest BCUT2D eigenvalue weighted by molar-refractivity contribution is 5.94. The second kappa shape index (κ2) is 8.00. The molecular weight excluding hydrogens is 368 g/mol. The number of rotatable bonds is 7. The molecule has 2 N–H and O–H groups in total. The maximum atomic E-state index is 12.8. The lowest BCUT2D eigenvalue weighted by atomic mass is 10.1. The number of imidazole rings is 1. The molecular formula is C21H30N6O2. The lowest BCUT2D eigenvalue weighted by molar-refractivity contribution is 0.0919. The van der Waals surface area contributed by atoms with Gasteiger partial charge in [-0.3, -0.25) is 14.3 Å². The minimum Gasteiger partial charge on any atom is -0.348 e. The van der Waals surface area contributed by atoms with E-state index >= 15 is 0 Å². The molecule has 8 nitrogen and oxygen atoms in total. The van der Waals surface area contributed by atoms with Gasteiger partial charge in [0.2, 0.25) is 0 Å². The van der Waals surface area contributed by atoms with Gasteiger partial charge in [-0.15, -0.1) is 0 Å². The van der Waals surface area contributed by atoms with Gasteiger partial charge in [-0.05, 0) is 51.9 Å². The van der Waals surface area contributed by atoms with Crippen molar-refractivity contribution in [1.82, 2.24) is 30.0 Å². The van der Waals surface area contributed by atoms with Gasteiger partial charge >= 0.3 is 0 Å². The van der Waals surface area contributed by atoms with E-state index in [9.17, 15) is 9.59 Å². The molecule has 2 atom stereocenters. The van der Waals surface area contributed by atoms with Crippen LogP contribution in [-0.2, 0) is 20.0 Å². The third-order valence-electron chi connectivity index (χ3n) is 5.80. The van der Waals surface area contributed by atoms with Gasteiger partial charge in [0.25, 0.3) is 11.8 Å². The zero-order valence-electron chi connectivity index (χ0n) is 17.4. The number of hydrogen-bond acceptors (Lipinski definition) is 4. The monoisotopic (exact) mass is 398 g/mol. The molecule has 29 heavy (non-hydrogen) atoms. The van der Waals surface area contributed by atoms with Crippen LogP contribution in [0.2, 0.25) is 0 Å². The minimum absolute atomic E-state index is 0.0741. The molecule has 3 heterocycles. The molecule has 1 fully saturated rings. The zero-order chi connectivity index (χ0) is 20.5. The van der Waals surface area contributed by atoms with Crippen LogP contribution in [0.5, 0.6) is 0 Å². The molecule has 2 aromatic rings. The molecule has 1 aliphatic heterocycles. The summed E-state index contributed by atoms with van der Waals surface area (Å²) >= 11 is 0. The maximum Gasteiger partial charge on any atom is 0.271 e. The van der Waals surface area contributed by atoms with E-state index in [1.54, 1.807) is 11.7 Å². The van der Waals surface area contributed by atoms with Crippen molar-refractivity contribution >= 4 is 11.8 Å². The van der Waals surface area contributed by atoms with Crippen LogP contribution in [0.1, 0.15) is 84.2 Å². The average molecular weight is 399 g/mol. The molecule has 156 valence electrons. The van der Waals surface area contributed by atoms with Crippen molar-refractivity contribution in [2.75, 3.05) is 0 Å². The molecule has 0 bridgehead atoms. The first-order valence-corrected chi connectivity index (χ1v) is 10.6. The van der Waals surface area contributed by atoms with Gasteiger partial charge in [-0.25, -0.2) is 4.98 Å². The Balaban J connectivity index is 1.30. The summed E-state index contributed by atoms with van der Waals surface area (Å²) in [6.07, 6.45) is 9.75. The predicted octanol–water partition coefficient (Wildman–Crippen LogP) is 2.16. The second-order valence-corrected chi connectivity index (χ2v) is 8.52. The summed E-state index contributed by atoms with van der Waals surface area (Å²) in [5.41, 5.74) is 2.18. The van der Waals surface area contributed by atoms with Gasteiger partial charge in [0, 0.05) is 43.9 Å². The summed E-state index contributed by atoms with van der Waals surface area (Å²) in [4.78, 5) is 29.8. The fourth-order valence-corrected chi connectivity index (χ4v) is 4.19. The summed E-state index contributed by atoms with van der Waals surface area (Å²) in [6.45, 7) is 4.85. The maximum absolute atomic E-state index is 12.8. The lowest BCUT2D eigenvalue weighted by Crippen LogP contribution is -2.41. The van der Waals surface area contributed by atoms with Crippen LogP contribution < -0.4 is 10.6 Å². The van der Waals surface area contributed by atoms with Gasteiger partial charge in [-0.2, -0.15) is 5.10 Å². The topological polar surface area (TPSA) is 93.8 Å². The molecule has 2 amide bonds. The minimum atomic E-state index is -0.152. The van der Waals surface area contributed by atoms with Crippen LogP contribution in [0.15, 0.2) is 12.4 Å². The summed E-state index contributed by atoms with van der Waals surface area (Å²) in [5, 5.41) is 10.3. The fraction of sp³-hybridized carbons (Fsp3) is 0.619. The van der Waals surface area contributed by atoms with Crippen molar-refractivity contribution in [2.45, 2.75) is 76.9 Å². The largest absolute Gasteiger partial charge is 0.348 e. The fourth-order valence-electron chi connectivity index (χ4n) is 4.19. The SMILES string of the molecule is CC(CC(C)NC(=O)c1c(C2CC2)cnn1C)NC(=O)c1cn2c(n1)CCCC2. The standard InChI is InChI=1S/C21H30N6O2/c1-13(23-20(28)17-12-27-9-5-4-6-18(27)25-17)10-14(2)24-21(29)19-16(15-7-8-15)11-22-26(19)3/h11-15H,4-10H2,1-3H3,(H,23,28)(H,24,29). The van der Waals surface area contributed by atoms with Crippen molar-refractivity contribution in [3.8, 4) is 0 Å². The number of carbonyl (C=O) groups is 2. The quantitative estimate of drug-likeness (QED) is 0.747. The van der Waals surface area contributed by atoms with Crippen LogP contribution in [0, 0.1) is 0 Å². The highest BCUT2D eigenvalue weighted by Crippen LogP contribution is 2.41. The zero-order valence-corrected chi connectivity index (χ0v) is 17.4. The molecule has 0 spiro atoms. The molecule has 1 saturated carbocycles. The normalized spacial score (nSPS) is 18.0. The number of nitrogens with zero attached hydrogens (tertiary/aromatic N) is 4. The molecule has 2 unspecified atom stereocenters. The Labute approximate surface area is 171 Å². The highest BCUT2D eigenvalue weighted by atomic mass is 16.2. The van der Waals surface area contributed by atoms with Crippen molar-refractivity contribution in [1.29, 1.82) is 0 Å². The smallest absolute Gasteiger partial charge is 0.271 e. The number of hydrogen-bond donors (Lipinski definition) is 2. The van der Waals surface area contributed by atoms with E-state index in [0.29, 0.717) is 23.7 Å². The van der Waals surface area contributed by atoms with E-state index in [1.807, 2.05) is 26.2 Å². The van der Waals surface area contributed by atoms with E-state index in [4.69, 9.17) is 0 Å². The first-order valence-electron chi connectivity index (χ1n) is 10.6. The Bertz CT molecular complexity index is 887. The van der Waals surface area contributed by atoms with Crippen LogP contribution >= 0.6 is 0 Å². The van der Waals surface area contributed by atoms with Crippen molar-refractivity contribution in [3.05, 3.63) is 35.2 Å². The van der Waals surface area contributed by atoms with E-state index in [1.165, 1.54) is 0 Å². The van der Waals surface area contributed by atoms with E-state index < -0.39 is 0 Å². The molecule has 0 saturated heterocycles. The Hall–Kier alpha value is -2.64. The molecule has 4 rings (SSSR count). The third-order valence-corrected chi connectivity index (χ3v) is 5.80. The van der Waals surface area contributed by atoms with Gasteiger partial charge in [0.1, 0.15) is 17.2 Å². The van der Waals surface area contributed by atoms with Crippen molar-refractivity contribution in [2.24, 2.45) is 7.05 Å². The summed E-state index contributed by atoms with van der Waals surface area (Å²) in [6, 6.07) is -0.152. The Kier molecular flexibility index (Phi) is 5.43. The summed E-state index contributed by atoms with van der Waals surface area (Å²) < 4.78 is 3.73. The molecule has 2 aliphatic rings. The number of carbonyl (C=O) groups excluding carboxylic acids is 2. The van der Waals surface area contributed by atoms with Crippen LogP contribution in [0.25, 0.3) is 0 Å². The van der Waals surface area contributed by atoms with Crippen molar-refractivity contribution < 1.29 is 9.59 Å². The number of aromatic nitrogens is 4. The third kappa shape index (κ3) is 4.36. The molecule has 8 heteroatoms. The van der Waals surface area contributed by atoms with Gasteiger partial charge < -0.3 is 15.2 Å². The van der Waals surface area contributed by atoms with Crippen LogP contribution in [-0.4, -0.2) is 43.2 Å². The van der Waals surface area contributed by atoms with E-state index in [0.717, 1.165) is 50.0 Å². The van der Waals surface area contributed by atoms with Crippen molar-refractivity contribution in [3.63, 3.8) is 0 Å². The van der Waals surface area contributed by atoms with Crippen LogP contribution in [0.4, 0.5) is 0 Å².